The van der Waals surface area contributed by atoms with E-state index in [1.54, 1.807) is 0 Å². The molecule has 0 aliphatic rings. The number of imidazole rings is 1. The molecule has 0 fully saturated rings. The van der Waals surface area contributed by atoms with Gasteiger partial charge in [-0.1, -0.05) is 0 Å². The number of aromatic nitrogens is 2. The first-order chi connectivity index (χ1) is 9.85. The molecule has 0 bridgehead atoms. The molecular formula is C12H14F2N2O5. The Bertz CT molecular complexity index is 596. The first kappa shape index (κ1) is 15.7. The number of aliphatic hydroxyl groups is 5. The normalized spacial score (nSPS) is 17.7. The summed E-state index contributed by atoms with van der Waals surface area (Å²) in [5.74, 6) is -2.47. The molecule has 2 aromatic rings. The van der Waals surface area contributed by atoms with E-state index in [2.05, 4.69) is 9.97 Å². The Morgan fingerprint density at radius 1 is 1.05 bits per heavy atom. The quantitative estimate of drug-likeness (QED) is 0.418. The van der Waals surface area contributed by atoms with Crippen LogP contribution in [0.4, 0.5) is 8.78 Å². The van der Waals surface area contributed by atoms with E-state index < -0.39 is 42.7 Å². The lowest BCUT2D eigenvalue weighted by Gasteiger charge is -2.24. The van der Waals surface area contributed by atoms with Gasteiger partial charge in [0.05, 0.1) is 17.6 Å². The molecule has 0 saturated carbocycles. The van der Waals surface area contributed by atoms with Crippen LogP contribution in [-0.2, 0) is 0 Å². The Hall–Kier alpha value is -1.65. The van der Waals surface area contributed by atoms with Crippen LogP contribution in [0.3, 0.4) is 0 Å². The Morgan fingerprint density at radius 3 is 2.29 bits per heavy atom. The number of aromatic amines is 1. The molecule has 1 aromatic carbocycles. The predicted molar refractivity (Wildman–Crippen MR) is 66.1 cm³/mol. The summed E-state index contributed by atoms with van der Waals surface area (Å²) in [6.45, 7) is -0.818. The molecule has 116 valence electrons. The smallest absolute Gasteiger partial charge is 0.161 e. The summed E-state index contributed by atoms with van der Waals surface area (Å²) in [6, 6.07) is 1.64. The SMILES string of the molecule is OC[C@@H](O)[C@H](O)[C@H](O)[C@@H](O)c1nc2cc(F)c(F)cc2[nH]1. The highest BCUT2D eigenvalue weighted by Gasteiger charge is 2.32. The number of aliphatic hydroxyl groups excluding tert-OH is 5. The Morgan fingerprint density at radius 2 is 1.67 bits per heavy atom. The van der Waals surface area contributed by atoms with Crippen molar-refractivity contribution in [3.05, 3.63) is 29.6 Å². The number of H-pyrrole nitrogens is 1. The van der Waals surface area contributed by atoms with Crippen molar-refractivity contribution in [3.63, 3.8) is 0 Å². The fourth-order valence-electron chi connectivity index (χ4n) is 1.85. The lowest BCUT2D eigenvalue weighted by atomic mass is 10.0. The van der Waals surface area contributed by atoms with Gasteiger partial charge in [0.1, 0.15) is 30.2 Å². The number of hydrogen-bond acceptors (Lipinski definition) is 6. The third-order valence-electron chi connectivity index (χ3n) is 3.08. The maximum Gasteiger partial charge on any atom is 0.161 e. The standard InChI is InChI=1S/C12H14F2N2O5/c13-4-1-6-7(2-5(4)14)16-12(15-6)11(21)10(20)9(19)8(18)3-17/h1-2,8-11,17-21H,3H2,(H,15,16)/t8-,9+,10+,11-/m1/s1. The molecule has 6 N–H and O–H groups in total. The summed E-state index contributed by atoms with van der Waals surface area (Å²) in [7, 11) is 0. The summed E-state index contributed by atoms with van der Waals surface area (Å²) >= 11 is 0. The first-order valence-corrected chi connectivity index (χ1v) is 6.03. The number of halogens is 2. The number of rotatable bonds is 5. The molecule has 9 heteroatoms. The zero-order valence-corrected chi connectivity index (χ0v) is 10.6. The maximum absolute atomic E-state index is 13.1. The fourth-order valence-corrected chi connectivity index (χ4v) is 1.85. The van der Waals surface area contributed by atoms with Gasteiger partial charge in [-0.25, -0.2) is 13.8 Å². The van der Waals surface area contributed by atoms with Gasteiger partial charge in [-0.15, -0.1) is 0 Å². The van der Waals surface area contributed by atoms with Crippen LogP contribution in [0.15, 0.2) is 12.1 Å². The van der Waals surface area contributed by atoms with E-state index in [-0.39, 0.29) is 16.9 Å². The highest BCUT2D eigenvalue weighted by molar-refractivity contribution is 5.75. The van der Waals surface area contributed by atoms with E-state index in [9.17, 15) is 29.2 Å². The second kappa shape index (κ2) is 6.00. The van der Waals surface area contributed by atoms with E-state index >= 15 is 0 Å². The number of hydrogen-bond donors (Lipinski definition) is 6. The van der Waals surface area contributed by atoms with Crippen LogP contribution in [0, 0.1) is 11.6 Å². The number of nitrogens with one attached hydrogen (secondary N) is 1. The van der Waals surface area contributed by atoms with Crippen LogP contribution >= 0.6 is 0 Å². The van der Waals surface area contributed by atoms with Crippen LogP contribution in [0.25, 0.3) is 11.0 Å². The van der Waals surface area contributed by atoms with Crippen molar-refractivity contribution < 1.29 is 34.3 Å². The zero-order chi connectivity index (χ0) is 15.7. The highest BCUT2D eigenvalue weighted by atomic mass is 19.2. The first-order valence-electron chi connectivity index (χ1n) is 6.03. The molecule has 0 aliphatic carbocycles. The molecule has 1 aromatic heterocycles. The fraction of sp³-hybridized carbons (Fsp3) is 0.417. The second-order valence-electron chi connectivity index (χ2n) is 4.58. The van der Waals surface area contributed by atoms with Gasteiger partial charge in [-0.05, 0) is 0 Å². The average molecular weight is 304 g/mol. The molecule has 0 unspecified atom stereocenters. The molecular weight excluding hydrogens is 290 g/mol. The van der Waals surface area contributed by atoms with Gasteiger partial charge in [0.25, 0.3) is 0 Å². The van der Waals surface area contributed by atoms with E-state index in [4.69, 9.17) is 5.11 Å². The zero-order valence-electron chi connectivity index (χ0n) is 10.6. The minimum atomic E-state index is -1.86. The van der Waals surface area contributed by atoms with Gasteiger partial charge < -0.3 is 30.5 Å². The minimum Gasteiger partial charge on any atom is -0.394 e. The number of nitrogens with zero attached hydrogens (tertiary/aromatic N) is 1. The number of benzene rings is 1. The lowest BCUT2D eigenvalue weighted by molar-refractivity contribution is -0.117. The summed E-state index contributed by atoms with van der Waals surface area (Å²) in [5.41, 5.74) is 0.111. The van der Waals surface area contributed by atoms with Crippen molar-refractivity contribution in [2.75, 3.05) is 6.61 Å². The van der Waals surface area contributed by atoms with Crippen LogP contribution in [0.1, 0.15) is 11.9 Å². The van der Waals surface area contributed by atoms with E-state index in [1.165, 1.54) is 0 Å². The molecule has 2 rings (SSSR count). The van der Waals surface area contributed by atoms with Crippen molar-refractivity contribution in [3.8, 4) is 0 Å². The summed E-state index contributed by atoms with van der Waals surface area (Å²) < 4.78 is 26.1. The molecule has 0 radical (unpaired) electrons. The van der Waals surface area contributed by atoms with Crippen LogP contribution in [-0.4, -0.2) is 60.4 Å². The van der Waals surface area contributed by atoms with Crippen LogP contribution in [0.2, 0.25) is 0 Å². The minimum absolute atomic E-state index is 0.0207. The van der Waals surface area contributed by atoms with Crippen LogP contribution < -0.4 is 0 Å². The van der Waals surface area contributed by atoms with Crippen molar-refractivity contribution in [2.24, 2.45) is 0 Å². The third kappa shape index (κ3) is 3.01. The van der Waals surface area contributed by atoms with Gasteiger partial charge in [0.15, 0.2) is 11.6 Å². The topological polar surface area (TPSA) is 130 Å². The summed E-state index contributed by atoms with van der Waals surface area (Å²) in [6.07, 6.45) is -7.09. The van der Waals surface area contributed by atoms with E-state index in [0.717, 1.165) is 12.1 Å². The molecule has 0 saturated heterocycles. The molecule has 7 nitrogen and oxygen atoms in total. The predicted octanol–water partition coefficient (Wildman–Crippen LogP) is -1.05. The molecule has 0 amide bonds. The second-order valence-corrected chi connectivity index (χ2v) is 4.58. The molecule has 0 spiro atoms. The highest BCUT2D eigenvalue weighted by Crippen LogP contribution is 2.22. The van der Waals surface area contributed by atoms with Crippen LogP contribution in [0.5, 0.6) is 0 Å². The summed E-state index contributed by atoms with van der Waals surface area (Å²) in [4.78, 5) is 6.25. The van der Waals surface area contributed by atoms with E-state index in [0.29, 0.717) is 0 Å². The molecule has 0 aliphatic heterocycles. The van der Waals surface area contributed by atoms with Crippen molar-refractivity contribution in [1.29, 1.82) is 0 Å². The summed E-state index contributed by atoms with van der Waals surface area (Å²) in [5, 5.41) is 46.9. The van der Waals surface area contributed by atoms with Gasteiger partial charge in [-0.2, -0.15) is 0 Å². The maximum atomic E-state index is 13.1. The Balaban J connectivity index is 2.28. The van der Waals surface area contributed by atoms with Gasteiger partial charge in [0, 0.05) is 12.1 Å². The van der Waals surface area contributed by atoms with E-state index in [1.807, 2.05) is 0 Å². The molecule has 1 heterocycles. The lowest BCUT2D eigenvalue weighted by Crippen LogP contribution is -2.42. The molecule has 21 heavy (non-hydrogen) atoms. The van der Waals surface area contributed by atoms with Gasteiger partial charge >= 0.3 is 0 Å². The van der Waals surface area contributed by atoms with Crippen molar-refractivity contribution >= 4 is 11.0 Å². The van der Waals surface area contributed by atoms with Gasteiger partial charge in [0.2, 0.25) is 0 Å². The number of fused-ring (bicyclic) bond motifs is 1. The monoisotopic (exact) mass is 304 g/mol. The average Bonchev–Trinajstić information content (AvgIpc) is 2.87. The third-order valence-corrected chi connectivity index (χ3v) is 3.08. The Kier molecular flexibility index (Phi) is 4.49. The van der Waals surface area contributed by atoms with Crippen molar-refractivity contribution in [2.45, 2.75) is 24.4 Å². The van der Waals surface area contributed by atoms with Gasteiger partial charge in [-0.3, -0.25) is 0 Å². The van der Waals surface area contributed by atoms with Crippen molar-refractivity contribution in [1.82, 2.24) is 9.97 Å². The largest absolute Gasteiger partial charge is 0.394 e. The molecule has 4 atom stereocenters. The Labute approximate surface area is 117 Å².